The van der Waals surface area contributed by atoms with Crippen LogP contribution < -0.4 is 11.1 Å². The van der Waals surface area contributed by atoms with Gasteiger partial charge in [-0.15, -0.1) is 11.3 Å². The monoisotopic (exact) mass is 252 g/mol. The Morgan fingerprint density at radius 2 is 2.24 bits per heavy atom. The lowest BCUT2D eigenvalue weighted by molar-refractivity contribution is 0.0963. The van der Waals surface area contributed by atoms with E-state index in [1.165, 1.54) is 16.9 Å². The van der Waals surface area contributed by atoms with Crippen LogP contribution in [0.1, 0.15) is 41.1 Å². The summed E-state index contributed by atoms with van der Waals surface area (Å²) in [6, 6.07) is 0. The number of nitrogen functional groups attached to an aromatic ring is 1. The average Bonchev–Trinajstić information content (AvgIpc) is 2.62. The minimum absolute atomic E-state index is 0.0389. The molecule has 1 heterocycles. The molecule has 1 unspecified atom stereocenters. The van der Waals surface area contributed by atoms with Crippen molar-refractivity contribution >= 4 is 22.2 Å². The summed E-state index contributed by atoms with van der Waals surface area (Å²) in [6.07, 6.45) is 3.25. The van der Waals surface area contributed by atoms with Crippen molar-refractivity contribution in [2.75, 3.05) is 12.8 Å². The first-order valence-electron chi connectivity index (χ1n) is 6.16. The first-order chi connectivity index (χ1) is 8.04. The highest BCUT2D eigenvalue weighted by Crippen LogP contribution is 2.39. The molecule has 0 bridgehead atoms. The molecule has 1 aromatic heterocycles. The normalized spacial score (nSPS) is 19.2. The predicted octanol–water partition coefficient (Wildman–Crippen LogP) is 2.45. The zero-order valence-electron chi connectivity index (χ0n) is 10.7. The molecule has 0 spiro atoms. The zero-order chi connectivity index (χ0) is 12.6. The molecule has 0 fully saturated rings. The van der Waals surface area contributed by atoms with Gasteiger partial charge in [0.25, 0.3) is 5.91 Å². The lowest BCUT2D eigenvalue weighted by Gasteiger charge is -2.25. The predicted molar refractivity (Wildman–Crippen MR) is 72.5 cm³/mol. The number of thiophene rings is 1. The Hall–Kier alpha value is -1.03. The fraction of sp³-hybridized carbons (Fsp3) is 0.615. The Bertz CT molecular complexity index is 437. The van der Waals surface area contributed by atoms with Crippen molar-refractivity contribution in [1.82, 2.24) is 5.32 Å². The number of nitrogens with two attached hydrogens (primary N) is 1. The highest BCUT2D eigenvalue weighted by molar-refractivity contribution is 7.16. The van der Waals surface area contributed by atoms with E-state index in [0.29, 0.717) is 10.9 Å². The molecular formula is C13H20N2OS. The maximum atomic E-state index is 11.8. The van der Waals surface area contributed by atoms with Gasteiger partial charge in [-0.25, -0.2) is 0 Å². The molecule has 1 atom stereocenters. The molecule has 94 valence electrons. The first kappa shape index (κ1) is 12.4. The minimum Gasteiger partial charge on any atom is -0.390 e. The van der Waals surface area contributed by atoms with Crippen LogP contribution in [0.5, 0.6) is 0 Å². The van der Waals surface area contributed by atoms with Gasteiger partial charge in [0.15, 0.2) is 0 Å². The molecule has 1 aromatic rings. The summed E-state index contributed by atoms with van der Waals surface area (Å²) in [5, 5.41) is 3.36. The smallest absolute Gasteiger partial charge is 0.254 e. The van der Waals surface area contributed by atoms with E-state index in [9.17, 15) is 4.79 Å². The number of carbonyl (C=O) groups excluding carboxylic acids is 1. The van der Waals surface area contributed by atoms with Crippen molar-refractivity contribution in [1.29, 1.82) is 0 Å². The van der Waals surface area contributed by atoms with Gasteiger partial charge in [-0.05, 0) is 36.7 Å². The molecule has 0 saturated heterocycles. The quantitative estimate of drug-likeness (QED) is 0.849. The Morgan fingerprint density at radius 1 is 1.53 bits per heavy atom. The number of anilines is 1. The van der Waals surface area contributed by atoms with Crippen molar-refractivity contribution in [3.63, 3.8) is 0 Å². The van der Waals surface area contributed by atoms with Gasteiger partial charge >= 0.3 is 0 Å². The summed E-state index contributed by atoms with van der Waals surface area (Å²) in [4.78, 5) is 13.1. The van der Waals surface area contributed by atoms with Crippen LogP contribution in [0.4, 0.5) is 5.00 Å². The van der Waals surface area contributed by atoms with E-state index in [1.54, 1.807) is 18.4 Å². The third-order valence-electron chi connectivity index (χ3n) is 3.73. The molecule has 4 heteroatoms. The van der Waals surface area contributed by atoms with Gasteiger partial charge < -0.3 is 11.1 Å². The van der Waals surface area contributed by atoms with Gasteiger partial charge in [-0.2, -0.15) is 0 Å². The molecule has 2 rings (SSSR count). The van der Waals surface area contributed by atoms with Crippen LogP contribution in [0.3, 0.4) is 0 Å². The molecule has 3 nitrogen and oxygen atoms in total. The maximum absolute atomic E-state index is 11.8. The van der Waals surface area contributed by atoms with Crippen molar-refractivity contribution in [3.05, 3.63) is 16.0 Å². The number of carbonyl (C=O) groups is 1. The van der Waals surface area contributed by atoms with E-state index in [0.717, 1.165) is 24.3 Å². The van der Waals surface area contributed by atoms with E-state index in [4.69, 9.17) is 5.73 Å². The molecule has 3 N–H and O–H groups in total. The summed E-state index contributed by atoms with van der Waals surface area (Å²) < 4.78 is 0. The molecule has 17 heavy (non-hydrogen) atoms. The van der Waals surface area contributed by atoms with Crippen LogP contribution >= 0.6 is 11.3 Å². The minimum atomic E-state index is -0.0389. The largest absolute Gasteiger partial charge is 0.390 e. The van der Waals surface area contributed by atoms with Crippen LogP contribution in [0.25, 0.3) is 0 Å². The topological polar surface area (TPSA) is 55.1 Å². The van der Waals surface area contributed by atoms with Gasteiger partial charge in [0.05, 0.1) is 10.6 Å². The van der Waals surface area contributed by atoms with Gasteiger partial charge in [0.1, 0.15) is 0 Å². The molecule has 0 saturated carbocycles. The molecular weight excluding hydrogens is 232 g/mol. The molecule has 1 aliphatic rings. The molecule has 1 amide bonds. The third-order valence-corrected chi connectivity index (χ3v) is 4.81. The summed E-state index contributed by atoms with van der Waals surface area (Å²) in [5.74, 6) is 1.40. The second kappa shape index (κ2) is 4.69. The summed E-state index contributed by atoms with van der Waals surface area (Å²) in [7, 11) is 1.66. The van der Waals surface area contributed by atoms with Crippen LogP contribution in [-0.4, -0.2) is 13.0 Å². The van der Waals surface area contributed by atoms with Crippen LogP contribution in [0.2, 0.25) is 0 Å². The Kier molecular flexibility index (Phi) is 3.43. The van der Waals surface area contributed by atoms with Gasteiger partial charge in [0, 0.05) is 11.9 Å². The molecule has 0 radical (unpaired) electrons. The summed E-state index contributed by atoms with van der Waals surface area (Å²) >= 11 is 1.60. The van der Waals surface area contributed by atoms with Crippen molar-refractivity contribution in [2.45, 2.75) is 33.1 Å². The van der Waals surface area contributed by atoms with E-state index < -0.39 is 0 Å². The molecule has 0 aromatic carbocycles. The lowest BCUT2D eigenvalue weighted by Crippen LogP contribution is -2.23. The number of hydrogen-bond acceptors (Lipinski definition) is 3. The Balaban J connectivity index is 2.34. The highest BCUT2D eigenvalue weighted by atomic mass is 32.1. The number of fused-ring (bicyclic) bond motifs is 1. The SMILES string of the molecule is CNC(=O)c1c(N)sc2c1CCC(C(C)C)C2. The van der Waals surface area contributed by atoms with Gasteiger partial charge in [-0.3, -0.25) is 4.79 Å². The Labute approximate surface area is 106 Å². The summed E-state index contributed by atoms with van der Waals surface area (Å²) in [5.41, 5.74) is 7.91. The van der Waals surface area contributed by atoms with Crippen molar-refractivity contribution in [3.8, 4) is 0 Å². The fourth-order valence-corrected chi connectivity index (χ4v) is 3.78. The maximum Gasteiger partial charge on any atom is 0.254 e. The second-order valence-electron chi connectivity index (χ2n) is 5.07. The number of hydrogen-bond donors (Lipinski definition) is 2. The second-order valence-corrected chi connectivity index (χ2v) is 6.21. The Morgan fingerprint density at radius 3 is 2.82 bits per heavy atom. The van der Waals surface area contributed by atoms with Crippen molar-refractivity contribution in [2.24, 2.45) is 11.8 Å². The van der Waals surface area contributed by atoms with Crippen molar-refractivity contribution < 1.29 is 4.79 Å². The van der Waals surface area contributed by atoms with E-state index in [2.05, 4.69) is 19.2 Å². The number of rotatable bonds is 2. The third kappa shape index (κ3) is 2.18. The first-order valence-corrected chi connectivity index (χ1v) is 6.98. The number of amides is 1. The standard InChI is InChI=1S/C13H20N2OS/c1-7(2)8-4-5-9-10(6-8)17-12(14)11(9)13(16)15-3/h7-8H,4-6,14H2,1-3H3,(H,15,16). The van der Waals surface area contributed by atoms with Gasteiger partial charge in [-0.1, -0.05) is 13.8 Å². The lowest BCUT2D eigenvalue weighted by atomic mass is 9.81. The van der Waals surface area contributed by atoms with E-state index in [-0.39, 0.29) is 5.91 Å². The molecule has 0 aliphatic heterocycles. The average molecular weight is 252 g/mol. The van der Waals surface area contributed by atoms with Crippen LogP contribution in [0.15, 0.2) is 0 Å². The highest BCUT2D eigenvalue weighted by Gasteiger charge is 2.28. The van der Waals surface area contributed by atoms with Crippen LogP contribution in [0, 0.1) is 11.8 Å². The van der Waals surface area contributed by atoms with Gasteiger partial charge in [0.2, 0.25) is 0 Å². The van der Waals surface area contributed by atoms with E-state index in [1.807, 2.05) is 0 Å². The number of nitrogens with one attached hydrogen (secondary N) is 1. The fourth-order valence-electron chi connectivity index (χ4n) is 2.58. The summed E-state index contributed by atoms with van der Waals surface area (Å²) in [6.45, 7) is 4.54. The van der Waals surface area contributed by atoms with E-state index >= 15 is 0 Å². The molecule has 1 aliphatic carbocycles. The zero-order valence-corrected chi connectivity index (χ0v) is 11.5. The van der Waals surface area contributed by atoms with Crippen LogP contribution in [-0.2, 0) is 12.8 Å².